The highest BCUT2D eigenvalue weighted by atomic mass is 35.5. The highest BCUT2D eigenvalue weighted by molar-refractivity contribution is 6.18. The zero-order valence-electron chi connectivity index (χ0n) is 9.60. The molecule has 0 unspecified atom stereocenters. The Hall–Kier alpha value is -0.740. The van der Waals surface area contributed by atoms with Crippen LogP contribution >= 0.6 is 11.6 Å². The third kappa shape index (κ3) is 4.96. The van der Waals surface area contributed by atoms with Gasteiger partial charge in [-0.25, -0.2) is 13.2 Å². The van der Waals surface area contributed by atoms with Gasteiger partial charge in [-0.05, 0) is 30.2 Å². The van der Waals surface area contributed by atoms with Crippen molar-refractivity contribution in [3.8, 4) is 0 Å². The van der Waals surface area contributed by atoms with E-state index in [0.717, 1.165) is 11.1 Å². The second kappa shape index (κ2) is 6.87. The van der Waals surface area contributed by atoms with Crippen molar-refractivity contribution in [3.63, 3.8) is 0 Å². The molecule has 0 heterocycles. The maximum atomic E-state index is 13.1. The second-order valence-electron chi connectivity index (χ2n) is 3.89. The summed E-state index contributed by atoms with van der Waals surface area (Å²) in [5.74, 6) is -0.0744. The lowest BCUT2D eigenvalue weighted by Crippen LogP contribution is -2.30. The molecule has 5 heteroatoms. The van der Waals surface area contributed by atoms with E-state index in [-0.39, 0.29) is 18.2 Å². The second-order valence-corrected chi connectivity index (χ2v) is 4.26. The molecule has 0 N–H and O–H groups in total. The van der Waals surface area contributed by atoms with Gasteiger partial charge in [-0.15, -0.1) is 11.6 Å². The van der Waals surface area contributed by atoms with Crippen molar-refractivity contribution in [2.24, 2.45) is 0 Å². The summed E-state index contributed by atoms with van der Waals surface area (Å²) < 4.78 is 37.7. The summed E-state index contributed by atoms with van der Waals surface area (Å²) in [5.41, 5.74) is 1.61. The Bertz CT molecular complexity index is 358. The Labute approximate surface area is 104 Å². The van der Waals surface area contributed by atoms with Crippen LogP contribution in [0.5, 0.6) is 0 Å². The molecule has 0 amide bonds. The van der Waals surface area contributed by atoms with Gasteiger partial charge in [0.2, 0.25) is 0 Å². The topological polar surface area (TPSA) is 3.24 Å². The van der Waals surface area contributed by atoms with Gasteiger partial charge in [0.25, 0.3) is 6.43 Å². The van der Waals surface area contributed by atoms with Crippen molar-refractivity contribution >= 4 is 11.6 Å². The minimum absolute atomic E-state index is 0.279. The summed E-state index contributed by atoms with van der Waals surface area (Å²) >= 11 is 5.56. The molecule has 1 rings (SSSR count). The van der Waals surface area contributed by atoms with Crippen LogP contribution < -0.4 is 0 Å². The number of hydrogen-bond acceptors (Lipinski definition) is 1. The van der Waals surface area contributed by atoms with E-state index in [0.29, 0.717) is 13.1 Å². The summed E-state index contributed by atoms with van der Waals surface area (Å²) in [6.07, 6.45) is -2.41. The first kappa shape index (κ1) is 14.3. The van der Waals surface area contributed by atoms with Crippen LogP contribution in [0.15, 0.2) is 18.2 Å². The summed E-state index contributed by atoms with van der Waals surface area (Å²) in [6.45, 7) is 2.14. The van der Waals surface area contributed by atoms with Gasteiger partial charge < -0.3 is 0 Å². The Balaban J connectivity index is 2.74. The van der Waals surface area contributed by atoms with Crippen molar-refractivity contribution in [2.75, 3.05) is 19.0 Å². The standard InChI is InChI=1S/C12H15ClF3N/c1-9-2-3-11(14)6-10(9)7-17(5-4-13)8-12(15)16/h2-3,6,12H,4-5,7-8H2,1H3. The third-order valence-electron chi connectivity index (χ3n) is 2.50. The molecule has 1 nitrogen and oxygen atoms in total. The molecule has 0 spiro atoms. The first-order valence-corrected chi connectivity index (χ1v) is 5.88. The van der Waals surface area contributed by atoms with Crippen LogP contribution in [0.1, 0.15) is 11.1 Å². The van der Waals surface area contributed by atoms with E-state index in [1.54, 1.807) is 6.07 Å². The van der Waals surface area contributed by atoms with E-state index < -0.39 is 6.43 Å². The molecule has 96 valence electrons. The van der Waals surface area contributed by atoms with Gasteiger partial charge in [-0.1, -0.05) is 6.07 Å². The maximum absolute atomic E-state index is 13.1. The van der Waals surface area contributed by atoms with Gasteiger partial charge in [0.15, 0.2) is 0 Å². The van der Waals surface area contributed by atoms with Crippen LogP contribution in [0.25, 0.3) is 0 Å². The Morgan fingerprint density at radius 2 is 2.06 bits per heavy atom. The van der Waals surface area contributed by atoms with Crippen LogP contribution in [0.2, 0.25) is 0 Å². The number of alkyl halides is 3. The molecule has 1 aromatic carbocycles. The molecule has 0 atom stereocenters. The predicted molar refractivity (Wildman–Crippen MR) is 63.1 cm³/mol. The highest BCUT2D eigenvalue weighted by Crippen LogP contribution is 2.14. The molecule has 0 aliphatic rings. The summed E-state index contributed by atoms with van der Waals surface area (Å²) in [6, 6.07) is 4.38. The van der Waals surface area contributed by atoms with E-state index in [4.69, 9.17) is 11.6 Å². The van der Waals surface area contributed by atoms with E-state index in [1.165, 1.54) is 17.0 Å². The van der Waals surface area contributed by atoms with Gasteiger partial charge in [0, 0.05) is 19.0 Å². The molecule has 0 radical (unpaired) electrons. The molecular weight excluding hydrogens is 251 g/mol. The van der Waals surface area contributed by atoms with E-state index in [9.17, 15) is 13.2 Å². The Morgan fingerprint density at radius 1 is 1.35 bits per heavy atom. The quantitative estimate of drug-likeness (QED) is 0.712. The van der Waals surface area contributed by atoms with Crippen molar-refractivity contribution in [2.45, 2.75) is 19.9 Å². The molecule has 17 heavy (non-hydrogen) atoms. The molecule has 0 aliphatic heterocycles. The lowest BCUT2D eigenvalue weighted by atomic mass is 10.1. The summed E-state index contributed by atoms with van der Waals surface area (Å²) in [7, 11) is 0. The fourth-order valence-electron chi connectivity index (χ4n) is 1.60. The normalized spacial score (nSPS) is 11.5. The first-order chi connectivity index (χ1) is 8.02. The lowest BCUT2D eigenvalue weighted by Gasteiger charge is -2.21. The molecular formula is C12H15ClF3N. The molecule has 0 saturated heterocycles. The van der Waals surface area contributed by atoms with Crippen LogP contribution in [0, 0.1) is 12.7 Å². The van der Waals surface area contributed by atoms with Crippen molar-refractivity contribution in [1.82, 2.24) is 4.90 Å². The average Bonchev–Trinajstić information content (AvgIpc) is 2.23. The van der Waals surface area contributed by atoms with Gasteiger partial charge in [-0.2, -0.15) is 0 Å². The Kier molecular flexibility index (Phi) is 5.78. The van der Waals surface area contributed by atoms with Crippen LogP contribution in [0.3, 0.4) is 0 Å². The molecule has 0 fully saturated rings. The highest BCUT2D eigenvalue weighted by Gasteiger charge is 2.13. The zero-order chi connectivity index (χ0) is 12.8. The molecule has 0 aliphatic carbocycles. The number of halogens is 4. The van der Waals surface area contributed by atoms with Crippen LogP contribution in [-0.4, -0.2) is 30.3 Å². The lowest BCUT2D eigenvalue weighted by molar-refractivity contribution is 0.0877. The monoisotopic (exact) mass is 265 g/mol. The van der Waals surface area contributed by atoms with Gasteiger partial charge >= 0.3 is 0 Å². The smallest absolute Gasteiger partial charge is 0.251 e. The summed E-state index contributed by atoms with van der Waals surface area (Å²) in [5, 5.41) is 0. The van der Waals surface area contributed by atoms with E-state index >= 15 is 0 Å². The zero-order valence-corrected chi connectivity index (χ0v) is 10.4. The third-order valence-corrected chi connectivity index (χ3v) is 2.67. The number of hydrogen-bond donors (Lipinski definition) is 0. The maximum Gasteiger partial charge on any atom is 0.251 e. The molecule has 0 aromatic heterocycles. The SMILES string of the molecule is Cc1ccc(F)cc1CN(CCCl)CC(F)F. The van der Waals surface area contributed by atoms with Gasteiger partial charge in [0.05, 0.1) is 6.54 Å². The predicted octanol–water partition coefficient (Wildman–Crippen LogP) is 3.44. The van der Waals surface area contributed by atoms with E-state index in [1.807, 2.05) is 6.92 Å². The average molecular weight is 266 g/mol. The van der Waals surface area contributed by atoms with Gasteiger partial charge in [0.1, 0.15) is 5.82 Å². The van der Waals surface area contributed by atoms with Crippen LogP contribution in [0.4, 0.5) is 13.2 Å². The van der Waals surface area contributed by atoms with Crippen LogP contribution in [-0.2, 0) is 6.54 Å². The van der Waals surface area contributed by atoms with E-state index in [2.05, 4.69) is 0 Å². The minimum Gasteiger partial charge on any atom is -0.292 e. The van der Waals surface area contributed by atoms with Crippen molar-refractivity contribution in [1.29, 1.82) is 0 Å². The minimum atomic E-state index is -2.41. The largest absolute Gasteiger partial charge is 0.292 e. The molecule has 0 saturated carbocycles. The molecule has 1 aromatic rings. The Morgan fingerprint density at radius 3 is 2.65 bits per heavy atom. The van der Waals surface area contributed by atoms with Gasteiger partial charge in [-0.3, -0.25) is 4.90 Å². The molecule has 0 bridgehead atoms. The fraction of sp³-hybridized carbons (Fsp3) is 0.500. The first-order valence-electron chi connectivity index (χ1n) is 5.34. The number of benzene rings is 1. The summed E-state index contributed by atoms with van der Waals surface area (Å²) in [4.78, 5) is 1.53. The number of aryl methyl sites for hydroxylation is 1. The number of nitrogens with zero attached hydrogens (tertiary/aromatic N) is 1. The van der Waals surface area contributed by atoms with Crippen molar-refractivity contribution < 1.29 is 13.2 Å². The van der Waals surface area contributed by atoms with Crippen molar-refractivity contribution in [3.05, 3.63) is 35.1 Å². The number of rotatable bonds is 6. The fourth-order valence-corrected chi connectivity index (χ4v) is 1.84.